The highest BCUT2D eigenvalue weighted by molar-refractivity contribution is 14.0. The summed E-state index contributed by atoms with van der Waals surface area (Å²) >= 11 is 0. The van der Waals surface area contributed by atoms with Gasteiger partial charge in [-0.2, -0.15) is 0 Å². The minimum atomic E-state index is 0. The second-order valence-corrected chi connectivity index (χ2v) is 8.25. The second-order valence-electron chi connectivity index (χ2n) is 8.25. The third kappa shape index (κ3) is 8.03. The Bertz CT molecular complexity index is 789. The molecule has 2 atom stereocenters. The number of hydrogen-bond donors (Lipinski definition) is 3. The summed E-state index contributed by atoms with van der Waals surface area (Å²) in [6, 6.07) is 21.4. The Kier molecular flexibility index (Phi) is 12.0. The molecule has 6 nitrogen and oxygen atoms in total. The lowest BCUT2D eigenvalue weighted by Crippen LogP contribution is -2.47. The quantitative estimate of drug-likeness (QED) is 0.194. The van der Waals surface area contributed by atoms with Gasteiger partial charge in [0.25, 0.3) is 0 Å². The van der Waals surface area contributed by atoms with E-state index in [1.807, 2.05) is 18.2 Å². The smallest absolute Gasteiger partial charge is 0.191 e. The van der Waals surface area contributed by atoms with Crippen molar-refractivity contribution in [2.45, 2.75) is 18.4 Å². The lowest BCUT2D eigenvalue weighted by molar-refractivity contribution is 0.0891. The molecule has 7 heteroatoms. The maximum absolute atomic E-state index is 9.75. The molecule has 1 aliphatic rings. The van der Waals surface area contributed by atoms with Crippen molar-refractivity contribution in [1.82, 2.24) is 20.4 Å². The van der Waals surface area contributed by atoms with Crippen LogP contribution in [0.4, 0.5) is 0 Å². The van der Waals surface area contributed by atoms with Gasteiger partial charge in [0.15, 0.2) is 5.96 Å². The lowest BCUT2D eigenvalue weighted by Gasteiger charge is -2.40. The summed E-state index contributed by atoms with van der Waals surface area (Å²) in [6.45, 7) is 5.96. The van der Waals surface area contributed by atoms with E-state index in [1.165, 1.54) is 5.56 Å². The van der Waals surface area contributed by atoms with Crippen molar-refractivity contribution in [2.24, 2.45) is 4.99 Å². The summed E-state index contributed by atoms with van der Waals surface area (Å²) < 4.78 is 0. The Morgan fingerprint density at radius 2 is 1.75 bits per heavy atom. The standard InChI is InChI=1S/C25H37N5O.HI/c1-26-25(28-18-23(20-31)21-10-5-3-6-11-21)27-14-9-15-30-17-16-29(2)19-24(30)22-12-7-4-8-13-22;/h3-8,10-13,23-24,31H,9,14-20H2,1-2H3,(H2,26,27,28);1H. The van der Waals surface area contributed by atoms with Crippen LogP contribution in [0.25, 0.3) is 0 Å². The molecule has 176 valence electrons. The van der Waals surface area contributed by atoms with E-state index in [0.717, 1.165) is 50.7 Å². The normalized spacial score (nSPS) is 18.6. The van der Waals surface area contributed by atoms with Gasteiger partial charge in [0, 0.05) is 58.3 Å². The number of aliphatic hydroxyl groups is 1. The zero-order chi connectivity index (χ0) is 21.9. The van der Waals surface area contributed by atoms with Gasteiger partial charge >= 0.3 is 0 Å². The van der Waals surface area contributed by atoms with Crippen molar-refractivity contribution in [1.29, 1.82) is 0 Å². The van der Waals surface area contributed by atoms with Crippen molar-refractivity contribution < 1.29 is 5.11 Å². The summed E-state index contributed by atoms with van der Waals surface area (Å²) in [4.78, 5) is 9.36. The molecule has 3 N–H and O–H groups in total. The van der Waals surface area contributed by atoms with E-state index in [1.54, 1.807) is 7.05 Å². The van der Waals surface area contributed by atoms with E-state index in [9.17, 15) is 5.11 Å². The van der Waals surface area contributed by atoms with Crippen LogP contribution in [-0.4, -0.2) is 80.8 Å². The molecule has 1 aliphatic heterocycles. The van der Waals surface area contributed by atoms with Crippen LogP contribution in [0.1, 0.15) is 29.5 Å². The molecule has 0 aliphatic carbocycles. The Hall–Kier alpha value is -1.68. The molecule has 3 rings (SSSR count). The van der Waals surface area contributed by atoms with Crippen LogP contribution in [0.2, 0.25) is 0 Å². The molecule has 0 bridgehead atoms. The van der Waals surface area contributed by atoms with Crippen LogP contribution in [-0.2, 0) is 0 Å². The number of nitrogens with zero attached hydrogens (tertiary/aromatic N) is 3. The maximum atomic E-state index is 9.75. The summed E-state index contributed by atoms with van der Waals surface area (Å²) in [5.41, 5.74) is 2.53. The largest absolute Gasteiger partial charge is 0.396 e. The second kappa shape index (κ2) is 14.5. The molecular formula is C25H38IN5O. The first kappa shape index (κ1) is 26.6. The van der Waals surface area contributed by atoms with Crippen LogP contribution in [0.15, 0.2) is 65.7 Å². The molecular weight excluding hydrogens is 513 g/mol. The Morgan fingerprint density at radius 3 is 2.41 bits per heavy atom. The summed E-state index contributed by atoms with van der Waals surface area (Å²) in [5.74, 6) is 0.837. The minimum absolute atomic E-state index is 0. The molecule has 0 spiro atoms. The zero-order valence-electron chi connectivity index (χ0n) is 19.3. The van der Waals surface area contributed by atoms with E-state index in [-0.39, 0.29) is 36.5 Å². The van der Waals surface area contributed by atoms with Gasteiger partial charge in [-0.3, -0.25) is 9.89 Å². The molecule has 0 amide bonds. The number of benzene rings is 2. The Labute approximate surface area is 210 Å². The van der Waals surface area contributed by atoms with Crippen molar-refractivity contribution >= 4 is 29.9 Å². The number of likely N-dealkylation sites (N-methyl/N-ethyl adjacent to an activating group) is 1. The molecule has 0 aromatic heterocycles. The average Bonchev–Trinajstić information content (AvgIpc) is 2.82. The summed E-state index contributed by atoms with van der Waals surface area (Å²) in [5, 5.41) is 16.5. The van der Waals surface area contributed by atoms with Gasteiger partial charge < -0.3 is 20.6 Å². The van der Waals surface area contributed by atoms with Crippen LogP contribution in [0.3, 0.4) is 0 Å². The van der Waals surface area contributed by atoms with E-state index >= 15 is 0 Å². The first-order chi connectivity index (χ1) is 15.2. The number of rotatable bonds is 9. The van der Waals surface area contributed by atoms with Crippen molar-refractivity contribution in [3.05, 3.63) is 71.8 Å². The fourth-order valence-electron chi connectivity index (χ4n) is 4.16. The van der Waals surface area contributed by atoms with Crippen molar-refractivity contribution in [3.63, 3.8) is 0 Å². The number of aliphatic imine (C=N–C) groups is 1. The van der Waals surface area contributed by atoms with Gasteiger partial charge in [-0.25, -0.2) is 0 Å². The SMILES string of the molecule is CN=C(NCCCN1CCN(C)CC1c1ccccc1)NCC(CO)c1ccccc1.I. The maximum Gasteiger partial charge on any atom is 0.191 e. The number of halogens is 1. The lowest BCUT2D eigenvalue weighted by atomic mass is 10.0. The van der Waals surface area contributed by atoms with Crippen LogP contribution in [0.5, 0.6) is 0 Å². The monoisotopic (exact) mass is 551 g/mol. The van der Waals surface area contributed by atoms with Crippen LogP contribution in [0, 0.1) is 0 Å². The predicted octanol–water partition coefficient (Wildman–Crippen LogP) is 2.92. The van der Waals surface area contributed by atoms with Crippen LogP contribution >= 0.6 is 24.0 Å². The van der Waals surface area contributed by atoms with Gasteiger partial charge in [-0.05, 0) is 24.6 Å². The third-order valence-electron chi connectivity index (χ3n) is 6.02. The fraction of sp³-hybridized carbons (Fsp3) is 0.480. The van der Waals surface area contributed by atoms with Crippen molar-refractivity contribution in [3.8, 4) is 0 Å². The Morgan fingerprint density at radius 1 is 1.06 bits per heavy atom. The molecule has 1 fully saturated rings. The average molecular weight is 552 g/mol. The molecule has 1 heterocycles. The van der Waals surface area contributed by atoms with Crippen LogP contribution < -0.4 is 10.6 Å². The number of aliphatic hydroxyl groups excluding tert-OH is 1. The van der Waals surface area contributed by atoms with Gasteiger partial charge in [-0.1, -0.05) is 60.7 Å². The summed E-state index contributed by atoms with van der Waals surface area (Å²) in [6.07, 6.45) is 1.05. The highest BCUT2D eigenvalue weighted by atomic mass is 127. The minimum Gasteiger partial charge on any atom is -0.396 e. The fourth-order valence-corrected chi connectivity index (χ4v) is 4.16. The molecule has 1 saturated heterocycles. The molecule has 2 aromatic rings. The Balaban J connectivity index is 0.00000363. The van der Waals surface area contributed by atoms with Gasteiger partial charge in [-0.15, -0.1) is 24.0 Å². The molecule has 32 heavy (non-hydrogen) atoms. The van der Waals surface area contributed by atoms with Gasteiger partial charge in [0.1, 0.15) is 0 Å². The molecule has 0 saturated carbocycles. The number of hydrogen-bond acceptors (Lipinski definition) is 4. The van der Waals surface area contributed by atoms with Crippen molar-refractivity contribution in [2.75, 3.05) is 60.0 Å². The number of guanidine groups is 1. The van der Waals surface area contributed by atoms with E-state index < -0.39 is 0 Å². The zero-order valence-corrected chi connectivity index (χ0v) is 21.6. The summed E-state index contributed by atoms with van der Waals surface area (Å²) in [7, 11) is 4.00. The topological polar surface area (TPSA) is 63.1 Å². The first-order valence-electron chi connectivity index (χ1n) is 11.3. The highest BCUT2D eigenvalue weighted by Gasteiger charge is 2.25. The van der Waals surface area contributed by atoms with Gasteiger partial charge in [0.2, 0.25) is 0 Å². The number of piperazine rings is 1. The highest BCUT2D eigenvalue weighted by Crippen LogP contribution is 2.24. The molecule has 2 unspecified atom stereocenters. The van der Waals surface area contributed by atoms with E-state index in [4.69, 9.17) is 0 Å². The first-order valence-corrected chi connectivity index (χ1v) is 11.3. The van der Waals surface area contributed by atoms with E-state index in [0.29, 0.717) is 12.6 Å². The molecule has 0 radical (unpaired) electrons. The van der Waals surface area contributed by atoms with E-state index in [2.05, 4.69) is 74.9 Å². The molecule has 2 aromatic carbocycles. The van der Waals surface area contributed by atoms with Gasteiger partial charge in [0.05, 0.1) is 6.61 Å². The number of nitrogens with one attached hydrogen (secondary N) is 2. The third-order valence-corrected chi connectivity index (χ3v) is 6.02. The predicted molar refractivity (Wildman–Crippen MR) is 144 cm³/mol.